The number of rotatable bonds is 7. The van der Waals surface area contributed by atoms with Crippen molar-refractivity contribution in [2.24, 2.45) is 10.3 Å². The van der Waals surface area contributed by atoms with Crippen LogP contribution in [0.2, 0.25) is 0 Å². The van der Waals surface area contributed by atoms with Gasteiger partial charge in [-0.3, -0.25) is 0 Å². The third kappa shape index (κ3) is 5.51. The molecule has 0 aliphatic rings. The van der Waals surface area contributed by atoms with Gasteiger partial charge in [0.05, 0.1) is 0 Å². The zero-order chi connectivity index (χ0) is 11.8. The highest BCUT2D eigenvalue weighted by molar-refractivity contribution is 7.61. The Balaban J connectivity index is 4.82. The van der Waals surface area contributed by atoms with Crippen molar-refractivity contribution < 1.29 is 18.3 Å². The lowest BCUT2D eigenvalue weighted by Gasteiger charge is -2.17. The number of nitrogens with zero attached hydrogens (tertiary/aromatic N) is 1. The van der Waals surface area contributed by atoms with Gasteiger partial charge in [-0.15, -0.1) is 0 Å². The Kier molecular flexibility index (Phi) is 6.94. The minimum Gasteiger partial charge on any atom is -0.480 e. The summed E-state index contributed by atoms with van der Waals surface area (Å²) in [6.07, 6.45) is 3.03. The summed E-state index contributed by atoms with van der Waals surface area (Å²) < 4.78 is 24.0. The molecule has 0 amide bonds. The highest BCUT2D eigenvalue weighted by Crippen LogP contribution is 2.20. The van der Waals surface area contributed by atoms with Crippen molar-refractivity contribution in [3.8, 4) is 0 Å². The van der Waals surface area contributed by atoms with Crippen molar-refractivity contribution in [2.45, 2.75) is 45.6 Å². The normalized spacial score (nSPS) is 12.5. The van der Waals surface area contributed by atoms with Crippen molar-refractivity contribution in [1.82, 2.24) is 0 Å². The fourth-order valence-corrected chi connectivity index (χ4v) is 2.07. The van der Waals surface area contributed by atoms with Crippen LogP contribution in [0.15, 0.2) is 4.36 Å². The molecule has 0 spiro atoms. The smallest absolute Gasteiger partial charge is 0.330 e. The van der Waals surface area contributed by atoms with Crippen LogP contribution in [0, 0.1) is 5.92 Å². The number of hydrogen-bond donors (Lipinski definition) is 1. The molecule has 1 atom stereocenters. The van der Waals surface area contributed by atoms with E-state index in [9.17, 15) is 13.2 Å². The summed E-state index contributed by atoms with van der Waals surface area (Å²) in [4.78, 5) is 10.9. The largest absolute Gasteiger partial charge is 0.480 e. The molecular weight excluding hydrogens is 218 g/mol. The molecule has 6 heteroatoms. The van der Waals surface area contributed by atoms with E-state index in [1.165, 1.54) is 0 Å². The van der Waals surface area contributed by atoms with Gasteiger partial charge in [0.2, 0.25) is 0 Å². The van der Waals surface area contributed by atoms with Crippen LogP contribution in [0.5, 0.6) is 0 Å². The van der Waals surface area contributed by atoms with Gasteiger partial charge in [-0.05, 0) is 18.8 Å². The lowest BCUT2D eigenvalue weighted by Crippen LogP contribution is -2.27. The fourth-order valence-electron chi connectivity index (χ4n) is 1.63. The Morgan fingerprint density at radius 3 is 2.00 bits per heavy atom. The summed E-state index contributed by atoms with van der Waals surface area (Å²) in [5.41, 5.74) is 0. The Morgan fingerprint density at radius 1 is 1.27 bits per heavy atom. The van der Waals surface area contributed by atoms with Crippen LogP contribution >= 0.6 is 0 Å². The molecule has 0 fully saturated rings. The van der Waals surface area contributed by atoms with Gasteiger partial charge in [0.25, 0.3) is 0 Å². The third-order valence-electron chi connectivity index (χ3n) is 2.22. The molecule has 0 saturated carbocycles. The Morgan fingerprint density at radius 2 is 1.73 bits per heavy atom. The van der Waals surface area contributed by atoms with Gasteiger partial charge < -0.3 is 5.11 Å². The molecule has 0 saturated heterocycles. The third-order valence-corrected chi connectivity index (χ3v) is 2.62. The molecule has 0 radical (unpaired) electrons. The van der Waals surface area contributed by atoms with E-state index in [0.717, 1.165) is 12.8 Å². The first kappa shape index (κ1) is 14.1. The van der Waals surface area contributed by atoms with Crippen molar-refractivity contribution in [2.75, 3.05) is 0 Å². The molecule has 0 unspecified atom stereocenters. The highest BCUT2D eigenvalue weighted by atomic mass is 32.2. The quantitative estimate of drug-likeness (QED) is 0.728. The fraction of sp³-hybridized carbons (Fsp3) is 0.889. The topological polar surface area (TPSA) is 83.8 Å². The monoisotopic (exact) mass is 235 g/mol. The molecule has 1 N–H and O–H groups in total. The van der Waals surface area contributed by atoms with Gasteiger partial charge in [-0.1, -0.05) is 26.7 Å². The predicted molar refractivity (Wildman–Crippen MR) is 56.1 cm³/mol. The Labute approximate surface area is 91.2 Å². The molecule has 0 aromatic heterocycles. The first-order valence-corrected chi connectivity index (χ1v) is 6.09. The summed E-state index contributed by atoms with van der Waals surface area (Å²) in [6.45, 7) is 3.88. The Hall–Kier alpha value is -0.910. The molecule has 15 heavy (non-hydrogen) atoms. The van der Waals surface area contributed by atoms with Crippen LogP contribution in [-0.2, 0) is 15.3 Å². The summed E-state index contributed by atoms with van der Waals surface area (Å²) in [6, 6.07) is -1.12. The van der Waals surface area contributed by atoms with Gasteiger partial charge in [0, 0.05) is 0 Å². The van der Waals surface area contributed by atoms with Crippen molar-refractivity contribution in [1.29, 1.82) is 0 Å². The number of carbonyl (C=O) groups is 1. The van der Waals surface area contributed by atoms with Crippen LogP contribution in [0.3, 0.4) is 0 Å². The van der Waals surface area contributed by atoms with E-state index in [1.54, 1.807) is 0 Å². The van der Waals surface area contributed by atoms with E-state index in [4.69, 9.17) is 5.11 Å². The van der Waals surface area contributed by atoms with Crippen LogP contribution in [0.4, 0.5) is 0 Å². The minimum absolute atomic E-state index is 0.185. The van der Waals surface area contributed by atoms with E-state index in [0.29, 0.717) is 12.8 Å². The number of aliphatic carboxylic acids is 1. The van der Waals surface area contributed by atoms with Gasteiger partial charge in [-0.25, -0.2) is 4.79 Å². The molecule has 0 rings (SSSR count). The number of hydrogen-bond acceptors (Lipinski definition) is 4. The van der Waals surface area contributed by atoms with Crippen molar-refractivity contribution >= 4 is 16.5 Å². The van der Waals surface area contributed by atoms with Crippen molar-refractivity contribution in [3.05, 3.63) is 0 Å². The summed E-state index contributed by atoms with van der Waals surface area (Å²) in [5.74, 6) is -1.35. The summed E-state index contributed by atoms with van der Waals surface area (Å²) >= 11 is 0. The minimum atomic E-state index is -2.65. The average Bonchev–Trinajstić information content (AvgIpc) is 2.13. The maximum absolute atomic E-state index is 10.9. The van der Waals surface area contributed by atoms with Gasteiger partial charge in [-0.2, -0.15) is 12.8 Å². The van der Waals surface area contributed by atoms with E-state index in [-0.39, 0.29) is 5.92 Å². The molecule has 0 aromatic carbocycles. The Bertz CT molecular complexity index is 309. The molecule has 0 aliphatic heterocycles. The maximum atomic E-state index is 10.9. The first-order valence-electron chi connectivity index (χ1n) is 5.05. The standard InChI is InChI=1S/C9H17NO4S/c1-3-5-7(6-4-2)8(9(11)12)10-15(13)14/h7-8H,3-6H2,1-2H3,(H,11,12)/t8-/m0/s1. The SMILES string of the molecule is CCCC(CCC)[C@H](N=S(=O)=O)C(=O)O. The van der Waals surface area contributed by atoms with E-state index >= 15 is 0 Å². The molecule has 88 valence electrons. The lowest BCUT2D eigenvalue weighted by molar-refractivity contribution is -0.139. The molecule has 0 aromatic rings. The molecular formula is C9H17NO4S. The van der Waals surface area contributed by atoms with Crippen LogP contribution in [-0.4, -0.2) is 25.5 Å². The first-order chi connectivity index (χ1) is 7.02. The van der Waals surface area contributed by atoms with Gasteiger partial charge >= 0.3 is 16.5 Å². The summed E-state index contributed by atoms with van der Waals surface area (Å²) in [5, 5.41) is 8.88. The van der Waals surface area contributed by atoms with Crippen molar-refractivity contribution in [3.63, 3.8) is 0 Å². The van der Waals surface area contributed by atoms with E-state index in [2.05, 4.69) is 4.36 Å². The zero-order valence-electron chi connectivity index (χ0n) is 9.01. The van der Waals surface area contributed by atoms with Crippen LogP contribution in [0.1, 0.15) is 39.5 Å². The molecule has 0 heterocycles. The maximum Gasteiger partial charge on any atom is 0.330 e. The average molecular weight is 235 g/mol. The van der Waals surface area contributed by atoms with Crippen LogP contribution < -0.4 is 0 Å². The second-order valence-corrected chi connectivity index (χ2v) is 4.09. The second kappa shape index (κ2) is 7.39. The van der Waals surface area contributed by atoms with Gasteiger partial charge in [0.1, 0.15) is 0 Å². The number of carboxylic acid groups (broad SMARTS) is 1. The highest BCUT2D eigenvalue weighted by Gasteiger charge is 2.26. The van der Waals surface area contributed by atoms with E-state index < -0.39 is 22.5 Å². The lowest BCUT2D eigenvalue weighted by atomic mass is 9.91. The second-order valence-electron chi connectivity index (χ2n) is 3.44. The molecule has 0 bridgehead atoms. The molecule has 0 aliphatic carbocycles. The molecule has 5 nitrogen and oxygen atoms in total. The summed E-state index contributed by atoms with van der Waals surface area (Å²) in [7, 11) is -2.65. The van der Waals surface area contributed by atoms with Gasteiger partial charge in [0.15, 0.2) is 6.04 Å². The zero-order valence-corrected chi connectivity index (χ0v) is 9.83. The van der Waals surface area contributed by atoms with E-state index in [1.807, 2.05) is 13.8 Å². The number of carboxylic acids is 1. The predicted octanol–water partition coefficient (Wildman–Crippen LogP) is 1.72. The van der Waals surface area contributed by atoms with Crippen LogP contribution in [0.25, 0.3) is 0 Å².